The van der Waals surface area contributed by atoms with Gasteiger partial charge in [0.2, 0.25) is 0 Å². The van der Waals surface area contributed by atoms with E-state index in [1.807, 2.05) is 19.1 Å². The second kappa shape index (κ2) is 5.14. The summed E-state index contributed by atoms with van der Waals surface area (Å²) in [7, 11) is 0. The Morgan fingerprint density at radius 3 is 2.75 bits per heavy atom. The number of esters is 1. The number of rotatable bonds is 4. The van der Waals surface area contributed by atoms with Gasteiger partial charge in [-0.3, -0.25) is 9.59 Å². The van der Waals surface area contributed by atoms with E-state index < -0.39 is 23.3 Å². The number of carbonyl (C=O) groups is 2. The van der Waals surface area contributed by atoms with E-state index in [0.29, 0.717) is 19.4 Å². The SMILES string of the molecule is CCCOC(=O)C1CC=CCC1(C)C(=O)O. The van der Waals surface area contributed by atoms with Gasteiger partial charge in [-0.05, 0) is 26.2 Å². The first-order valence-corrected chi connectivity index (χ1v) is 5.57. The summed E-state index contributed by atoms with van der Waals surface area (Å²) in [4.78, 5) is 23.0. The fourth-order valence-electron chi connectivity index (χ4n) is 1.86. The molecule has 1 aliphatic carbocycles. The van der Waals surface area contributed by atoms with Crippen molar-refractivity contribution in [1.82, 2.24) is 0 Å². The predicted molar refractivity (Wildman–Crippen MR) is 58.9 cm³/mol. The van der Waals surface area contributed by atoms with Crippen LogP contribution in [0.5, 0.6) is 0 Å². The minimum Gasteiger partial charge on any atom is -0.481 e. The van der Waals surface area contributed by atoms with E-state index in [2.05, 4.69) is 0 Å². The molecule has 0 saturated carbocycles. The Morgan fingerprint density at radius 1 is 1.50 bits per heavy atom. The summed E-state index contributed by atoms with van der Waals surface area (Å²) in [6.45, 7) is 3.87. The molecule has 90 valence electrons. The summed E-state index contributed by atoms with van der Waals surface area (Å²) in [6, 6.07) is 0. The highest BCUT2D eigenvalue weighted by Crippen LogP contribution is 2.38. The van der Waals surface area contributed by atoms with Crippen LogP contribution in [0.1, 0.15) is 33.1 Å². The van der Waals surface area contributed by atoms with Crippen molar-refractivity contribution in [3.8, 4) is 0 Å². The Kier molecular flexibility index (Phi) is 4.10. The zero-order chi connectivity index (χ0) is 12.2. The van der Waals surface area contributed by atoms with Gasteiger partial charge in [-0.2, -0.15) is 0 Å². The minimum absolute atomic E-state index is 0.356. The van der Waals surface area contributed by atoms with Gasteiger partial charge in [0.1, 0.15) is 0 Å². The third kappa shape index (κ3) is 2.43. The molecule has 0 heterocycles. The maximum atomic E-state index is 11.8. The lowest BCUT2D eigenvalue weighted by Gasteiger charge is -2.33. The fourth-order valence-corrected chi connectivity index (χ4v) is 1.86. The molecule has 0 amide bonds. The van der Waals surface area contributed by atoms with Crippen molar-refractivity contribution in [2.75, 3.05) is 6.61 Å². The van der Waals surface area contributed by atoms with Crippen molar-refractivity contribution in [3.63, 3.8) is 0 Å². The lowest BCUT2D eigenvalue weighted by molar-refractivity contribution is -0.165. The lowest BCUT2D eigenvalue weighted by atomic mass is 9.70. The molecule has 0 bridgehead atoms. The molecule has 0 aromatic heterocycles. The van der Waals surface area contributed by atoms with Crippen molar-refractivity contribution >= 4 is 11.9 Å². The van der Waals surface area contributed by atoms with Crippen molar-refractivity contribution < 1.29 is 19.4 Å². The topological polar surface area (TPSA) is 63.6 Å². The van der Waals surface area contributed by atoms with Gasteiger partial charge in [0.25, 0.3) is 0 Å². The number of aliphatic carboxylic acids is 1. The standard InChI is InChI=1S/C12H18O4/c1-3-8-16-10(13)9-6-4-5-7-12(9,2)11(14)15/h4-5,9H,3,6-8H2,1-2H3,(H,14,15). The van der Waals surface area contributed by atoms with Gasteiger partial charge >= 0.3 is 11.9 Å². The van der Waals surface area contributed by atoms with E-state index in [0.717, 1.165) is 6.42 Å². The number of allylic oxidation sites excluding steroid dienone is 2. The number of carbonyl (C=O) groups excluding carboxylic acids is 1. The number of hydrogen-bond acceptors (Lipinski definition) is 3. The highest BCUT2D eigenvalue weighted by atomic mass is 16.5. The molecular formula is C12H18O4. The van der Waals surface area contributed by atoms with Gasteiger partial charge in [-0.1, -0.05) is 19.1 Å². The van der Waals surface area contributed by atoms with Crippen molar-refractivity contribution in [1.29, 1.82) is 0 Å². The number of carboxylic acid groups (broad SMARTS) is 1. The van der Waals surface area contributed by atoms with Gasteiger partial charge in [0, 0.05) is 0 Å². The Bertz CT molecular complexity index is 308. The molecule has 2 atom stereocenters. The Labute approximate surface area is 95.3 Å². The quantitative estimate of drug-likeness (QED) is 0.588. The molecule has 2 unspecified atom stereocenters. The van der Waals surface area contributed by atoms with Crippen LogP contribution in [0, 0.1) is 11.3 Å². The molecule has 4 heteroatoms. The fraction of sp³-hybridized carbons (Fsp3) is 0.667. The molecule has 0 aromatic rings. The molecule has 16 heavy (non-hydrogen) atoms. The number of ether oxygens (including phenoxy) is 1. The average Bonchev–Trinajstić information content (AvgIpc) is 2.26. The van der Waals surface area contributed by atoms with E-state index in [1.165, 1.54) is 0 Å². The molecule has 0 aromatic carbocycles. The highest BCUT2D eigenvalue weighted by molar-refractivity contribution is 5.84. The van der Waals surface area contributed by atoms with E-state index in [-0.39, 0.29) is 0 Å². The molecule has 1 aliphatic rings. The summed E-state index contributed by atoms with van der Waals surface area (Å²) >= 11 is 0. The summed E-state index contributed by atoms with van der Waals surface area (Å²) in [5, 5.41) is 9.20. The van der Waals surface area contributed by atoms with Crippen molar-refractivity contribution in [2.45, 2.75) is 33.1 Å². The van der Waals surface area contributed by atoms with Crippen LogP contribution < -0.4 is 0 Å². The molecule has 0 spiro atoms. The van der Waals surface area contributed by atoms with E-state index in [1.54, 1.807) is 6.92 Å². The Balaban J connectivity index is 2.79. The summed E-state index contributed by atoms with van der Waals surface area (Å²) in [6.07, 6.45) is 5.25. The molecule has 0 fully saturated rings. The van der Waals surface area contributed by atoms with Crippen LogP contribution >= 0.6 is 0 Å². The summed E-state index contributed by atoms with van der Waals surface area (Å²) in [5.41, 5.74) is -1.03. The highest BCUT2D eigenvalue weighted by Gasteiger charge is 2.46. The predicted octanol–water partition coefficient (Wildman–Crippen LogP) is 2.00. The molecule has 1 N–H and O–H groups in total. The maximum Gasteiger partial charge on any atom is 0.310 e. The molecule has 0 radical (unpaired) electrons. The van der Waals surface area contributed by atoms with E-state index in [4.69, 9.17) is 4.74 Å². The number of hydrogen-bond donors (Lipinski definition) is 1. The van der Waals surface area contributed by atoms with Gasteiger partial charge in [-0.25, -0.2) is 0 Å². The Morgan fingerprint density at radius 2 is 2.19 bits per heavy atom. The first kappa shape index (κ1) is 12.7. The van der Waals surface area contributed by atoms with Crippen LogP contribution in [-0.2, 0) is 14.3 Å². The summed E-state index contributed by atoms with van der Waals surface area (Å²) < 4.78 is 5.04. The maximum absolute atomic E-state index is 11.8. The van der Waals surface area contributed by atoms with Gasteiger partial charge < -0.3 is 9.84 Å². The Hall–Kier alpha value is -1.32. The normalized spacial score (nSPS) is 28.8. The van der Waals surface area contributed by atoms with Crippen LogP contribution in [0.3, 0.4) is 0 Å². The first-order valence-electron chi connectivity index (χ1n) is 5.57. The van der Waals surface area contributed by atoms with Crippen LogP contribution in [0.15, 0.2) is 12.2 Å². The van der Waals surface area contributed by atoms with Gasteiger partial charge in [0.15, 0.2) is 0 Å². The lowest BCUT2D eigenvalue weighted by Crippen LogP contribution is -2.42. The largest absolute Gasteiger partial charge is 0.481 e. The van der Waals surface area contributed by atoms with E-state index >= 15 is 0 Å². The van der Waals surface area contributed by atoms with Crippen LogP contribution in [0.25, 0.3) is 0 Å². The summed E-state index contributed by atoms with van der Waals surface area (Å²) in [5.74, 6) is -1.90. The zero-order valence-electron chi connectivity index (χ0n) is 9.73. The third-order valence-corrected chi connectivity index (χ3v) is 3.07. The minimum atomic E-state index is -1.03. The molecular weight excluding hydrogens is 208 g/mol. The van der Waals surface area contributed by atoms with Gasteiger partial charge in [-0.15, -0.1) is 0 Å². The average molecular weight is 226 g/mol. The molecule has 0 saturated heterocycles. The number of carboxylic acids is 1. The van der Waals surface area contributed by atoms with E-state index in [9.17, 15) is 14.7 Å². The van der Waals surface area contributed by atoms with Crippen LogP contribution in [-0.4, -0.2) is 23.7 Å². The smallest absolute Gasteiger partial charge is 0.310 e. The third-order valence-electron chi connectivity index (χ3n) is 3.07. The van der Waals surface area contributed by atoms with Crippen LogP contribution in [0.2, 0.25) is 0 Å². The first-order chi connectivity index (χ1) is 7.52. The molecule has 4 nitrogen and oxygen atoms in total. The molecule has 0 aliphatic heterocycles. The monoisotopic (exact) mass is 226 g/mol. The van der Waals surface area contributed by atoms with Crippen molar-refractivity contribution in [3.05, 3.63) is 12.2 Å². The van der Waals surface area contributed by atoms with Crippen LogP contribution in [0.4, 0.5) is 0 Å². The van der Waals surface area contributed by atoms with Gasteiger partial charge in [0.05, 0.1) is 17.9 Å². The molecule has 1 rings (SSSR count). The zero-order valence-corrected chi connectivity index (χ0v) is 9.73. The van der Waals surface area contributed by atoms with Crippen molar-refractivity contribution in [2.24, 2.45) is 11.3 Å². The second-order valence-electron chi connectivity index (χ2n) is 4.35. The second-order valence-corrected chi connectivity index (χ2v) is 4.35.